The molecule has 5 nitrogen and oxygen atoms in total. The quantitative estimate of drug-likeness (QED) is 0.690. The van der Waals surface area contributed by atoms with Gasteiger partial charge in [0.25, 0.3) is 0 Å². The molecule has 2 aromatic heterocycles. The zero-order valence-corrected chi connectivity index (χ0v) is 11.5. The summed E-state index contributed by atoms with van der Waals surface area (Å²) in [6, 6.07) is 13.0. The fourth-order valence-corrected chi connectivity index (χ4v) is 2.11. The van der Waals surface area contributed by atoms with Crippen LogP contribution in [0.4, 0.5) is 0 Å². The summed E-state index contributed by atoms with van der Waals surface area (Å²) in [5.41, 5.74) is 1.86. The Morgan fingerprint density at radius 1 is 1.19 bits per heavy atom. The lowest BCUT2D eigenvalue weighted by Crippen LogP contribution is -2.05. The van der Waals surface area contributed by atoms with Gasteiger partial charge in [0, 0.05) is 6.20 Å². The van der Waals surface area contributed by atoms with E-state index in [1.54, 1.807) is 18.3 Å². The second kappa shape index (κ2) is 5.66. The van der Waals surface area contributed by atoms with Crippen LogP contribution in [0.5, 0.6) is 5.75 Å². The summed E-state index contributed by atoms with van der Waals surface area (Å²) >= 11 is 0. The van der Waals surface area contributed by atoms with E-state index in [1.165, 1.54) is 7.11 Å². The van der Waals surface area contributed by atoms with Gasteiger partial charge < -0.3 is 9.47 Å². The molecule has 0 aliphatic rings. The first kappa shape index (κ1) is 13.2. The predicted molar refractivity (Wildman–Crippen MR) is 77.3 cm³/mol. The molecule has 0 saturated carbocycles. The van der Waals surface area contributed by atoms with Crippen LogP contribution in [0.3, 0.4) is 0 Å². The number of para-hydroxylation sites is 1. The molecule has 0 N–H and O–H groups in total. The van der Waals surface area contributed by atoms with E-state index in [-0.39, 0.29) is 0 Å². The number of imidazole rings is 1. The Balaban J connectivity index is 1.89. The Morgan fingerprint density at radius 3 is 2.76 bits per heavy atom. The number of hydrogen-bond acceptors (Lipinski definition) is 4. The largest absolute Gasteiger partial charge is 0.487 e. The lowest BCUT2D eigenvalue weighted by molar-refractivity contribution is 0.0602. The number of methoxy groups -OCH3 is 1. The number of rotatable bonds is 4. The van der Waals surface area contributed by atoms with E-state index in [0.29, 0.717) is 17.8 Å². The van der Waals surface area contributed by atoms with E-state index in [4.69, 9.17) is 9.47 Å². The fourth-order valence-electron chi connectivity index (χ4n) is 2.11. The number of esters is 1. The molecule has 21 heavy (non-hydrogen) atoms. The highest BCUT2D eigenvalue weighted by molar-refractivity contribution is 5.95. The standard InChI is InChI=1S/C16H14N2O3/c1-20-16(19)14-8-5-9-18-12(10-17-15(14)18)11-21-13-6-3-2-4-7-13/h2-10H,11H2,1H3. The molecule has 0 aliphatic heterocycles. The van der Waals surface area contributed by atoms with Gasteiger partial charge in [-0.05, 0) is 24.3 Å². The van der Waals surface area contributed by atoms with Crippen LogP contribution < -0.4 is 4.74 Å². The molecule has 0 saturated heterocycles. The van der Waals surface area contributed by atoms with Crippen molar-refractivity contribution in [1.82, 2.24) is 9.38 Å². The van der Waals surface area contributed by atoms with E-state index in [1.807, 2.05) is 40.9 Å². The third kappa shape index (κ3) is 2.58. The second-order valence-electron chi connectivity index (χ2n) is 4.46. The van der Waals surface area contributed by atoms with E-state index >= 15 is 0 Å². The summed E-state index contributed by atoms with van der Waals surface area (Å²) in [4.78, 5) is 16.0. The van der Waals surface area contributed by atoms with Crippen molar-refractivity contribution in [3.63, 3.8) is 0 Å². The van der Waals surface area contributed by atoms with E-state index in [9.17, 15) is 4.79 Å². The van der Waals surface area contributed by atoms with Crippen molar-refractivity contribution in [2.45, 2.75) is 6.61 Å². The van der Waals surface area contributed by atoms with Crippen molar-refractivity contribution in [1.29, 1.82) is 0 Å². The van der Waals surface area contributed by atoms with Gasteiger partial charge in [0.05, 0.1) is 19.0 Å². The molecule has 106 valence electrons. The van der Waals surface area contributed by atoms with Gasteiger partial charge in [0.1, 0.15) is 17.9 Å². The van der Waals surface area contributed by atoms with Crippen molar-refractivity contribution in [3.8, 4) is 5.75 Å². The van der Waals surface area contributed by atoms with E-state index in [2.05, 4.69) is 4.98 Å². The Kier molecular flexibility index (Phi) is 3.55. The maximum atomic E-state index is 11.7. The molecule has 0 radical (unpaired) electrons. The van der Waals surface area contributed by atoms with Crippen LogP contribution in [-0.2, 0) is 11.3 Å². The Labute approximate surface area is 121 Å². The molecule has 3 rings (SSSR count). The molecule has 1 aromatic carbocycles. The molecular weight excluding hydrogens is 268 g/mol. The average Bonchev–Trinajstić information content (AvgIpc) is 2.96. The third-order valence-corrected chi connectivity index (χ3v) is 3.15. The van der Waals surface area contributed by atoms with Gasteiger partial charge in [-0.3, -0.25) is 4.40 Å². The Bertz CT molecular complexity index is 766. The topological polar surface area (TPSA) is 52.8 Å². The first-order chi connectivity index (χ1) is 10.3. The monoisotopic (exact) mass is 282 g/mol. The number of pyridine rings is 1. The minimum Gasteiger partial charge on any atom is -0.487 e. The third-order valence-electron chi connectivity index (χ3n) is 3.15. The molecular formula is C16H14N2O3. The van der Waals surface area contributed by atoms with Crippen LogP contribution in [0.2, 0.25) is 0 Å². The molecule has 3 aromatic rings. The average molecular weight is 282 g/mol. The summed E-state index contributed by atoms with van der Waals surface area (Å²) in [5, 5.41) is 0. The van der Waals surface area contributed by atoms with Gasteiger partial charge in [0.15, 0.2) is 5.65 Å². The number of fused-ring (bicyclic) bond motifs is 1. The van der Waals surface area contributed by atoms with Gasteiger partial charge >= 0.3 is 5.97 Å². The van der Waals surface area contributed by atoms with Crippen LogP contribution >= 0.6 is 0 Å². The van der Waals surface area contributed by atoms with Crippen molar-refractivity contribution in [3.05, 3.63) is 66.1 Å². The van der Waals surface area contributed by atoms with Crippen molar-refractivity contribution in [2.75, 3.05) is 7.11 Å². The number of benzene rings is 1. The molecule has 0 atom stereocenters. The maximum absolute atomic E-state index is 11.7. The lowest BCUT2D eigenvalue weighted by atomic mass is 10.3. The summed E-state index contributed by atoms with van der Waals surface area (Å²) in [6.45, 7) is 0.371. The zero-order valence-electron chi connectivity index (χ0n) is 11.5. The van der Waals surface area contributed by atoms with Crippen molar-refractivity contribution >= 4 is 11.6 Å². The summed E-state index contributed by atoms with van der Waals surface area (Å²) in [7, 11) is 1.36. The Morgan fingerprint density at radius 2 is 2.00 bits per heavy atom. The van der Waals surface area contributed by atoms with Crippen molar-refractivity contribution < 1.29 is 14.3 Å². The highest BCUT2D eigenvalue weighted by atomic mass is 16.5. The van der Waals surface area contributed by atoms with Crippen LogP contribution in [0.1, 0.15) is 16.1 Å². The SMILES string of the molecule is COC(=O)c1cccn2c(COc3ccccc3)cnc12. The maximum Gasteiger partial charge on any atom is 0.341 e. The van der Waals surface area contributed by atoms with E-state index < -0.39 is 5.97 Å². The van der Waals surface area contributed by atoms with Crippen LogP contribution in [0.15, 0.2) is 54.9 Å². The number of carbonyl (C=O) groups excluding carboxylic acids is 1. The van der Waals surface area contributed by atoms with Crippen LogP contribution in [0, 0.1) is 0 Å². The Hall–Kier alpha value is -2.82. The normalized spacial score (nSPS) is 10.5. The van der Waals surface area contributed by atoms with Gasteiger partial charge in [-0.1, -0.05) is 18.2 Å². The molecule has 0 aliphatic carbocycles. The molecule has 0 fully saturated rings. The minimum atomic E-state index is -0.401. The molecule has 0 spiro atoms. The highest BCUT2D eigenvalue weighted by Gasteiger charge is 2.14. The zero-order chi connectivity index (χ0) is 14.7. The number of aromatic nitrogens is 2. The van der Waals surface area contributed by atoms with Gasteiger partial charge in [-0.15, -0.1) is 0 Å². The molecule has 0 bridgehead atoms. The highest BCUT2D eigenvalue weighted by Crippen LogP contribution is 2.16. The fraction of sp³-hybridized carbons (Fsp3) is 0.125. The summed E-state index contributed by atoms with van der Waals surface area (Å²) in [6.07, 6.45) is 3.54. The van der Waals surface area contributed by atoms with Crippen molar-refractivity contribution in [2.24, 2.45) is 0 Å². The number of nitrogens with zero attached hydrogens (tertiary/aromatic N) is 2. The first-order valence-corrected chi connectivity index (χ1v) is 6.50. The summed E-state index contributed by atoms with van der Waals surface area (Å²) < 4.78 is 12.3. The molecule has 2 heterocycles. The lowest BCUT2D eigenvalue weighted by Gasteiger charge is -2.06. The number of hydrogen-bond donors (Lipinski definition) is 0. The molecule has 0 amide bonds. The van der Waals surface area contributed by atoms with Gasteiger partial charge in [0.2, 0.25) is 0 Å². The smallest absolute Gasteiger partial charge is 0.341 e. The second-order valence-corrected chi connectivity index (χ2v) is 4.46. The number of carbonyl (C=O) groups is 1. The summed E-state index contributed by atoms with van der Waals surface area (Å²) in [5.74, 6) is 0.387. The first-order valence-electron chi connectivity index (χ1n) is 6.50. The minimum absolute atomic E-state index is 0.371. The van der Waals surface area contributed by atoms with Gasteiger partial charge in [-0.25, -0.2) is 9.78 Å². The van der Waals surface area contributed by atoms with Gasteiger partial charge in [-0.2, -0.15) is 0 Å². The molecule has 5 heteroatoms. The number of ether oxygens (including phenoxy) is 2. The van der Waals surface area contributed by atoms with Crippen LogP contribution in [0.25, 0.3) is 5.65 Å². The van der Waals surface area contributed by atoms with E-state index in [0.717, 1.165) is 11.4 Å². The predicted octanol–water partition coefficient (Wildman–Crippen LogP) is 2.70. The van der Waals surface area contributed by atoms with Crippen LogP contribution in [-0.4, -0.2) is 22.5 Å². The molecule has 0 unspecified atom stereocenters.